The third-order valence-corrected chi connectivity index (χ3v) is 10.2. The molecule has 0 radical (unpaired) electrons. The van der Waals surface area contributed by atoms with Gasteiger partial charge in [0.25, 0.3) is 0 Å². The van der Waals surface area contributed by atoms with Crippen molar-refractivity contribution in [2.45, 2.75) is 82.1 Å². The number of fused-ring (bicyclic) bond motifs is 1. The first-order valence-corrected chi connectivity index (χ1v) is 16.1. The number of ether oxygens (including phenoxy) is 1. The Kier molecular flexibility index (Phi) is 8.44. The van der Waals surface area contributed by atoms with Crippen LogP contribution in [0.1, 0.15) is 63.9 Å². The third kappa shape index (κ3) is 5.51. The molecule has 1 aromatic rings. The third-order valence-electron chi connectivity index (χ3n) is 10.2. The highest BCUT2D eigenvalue weighted by Crippen LogP contribution is 2.55. The SMILES string of the molecule is CC(C)c1ccc(NC(=O)[C@@H]2[C@@H]3C=C[C@]4(O3)[C@@H]2C(=O)N(CCCN2CCN(C)CC2)[C@H]4C(=O)NC2CCCCC2)cc1. The largest absolute Gasteiger partial charge is 0.359 e. The van der Waals surface area contributed by atoms with E-state index in [-0.39, 0.29) is 23.8 Å². The Morgan fingerprint density at radius 1 is 1.00 bits per heavy atom. The van der Waals surface area contributed by atoms with E-state index in [0.717, 1.165) is 64.8 Å². The molecule has 5 aliphatic rings. The topological polar surface area (TPSA) is 94.2 Å². The van der Waals surface area contributed by atoms with Gasteiger partial charge in [0, 0.05) is 44.5 Å². The lowest BCUT2D eigenvalue weighted by Crippen LogP contribution is -2.56. The first-order chi connectivity index (χ1) is 20.3. The molecule has 4 fully saturated rings. The van der Waals surface area contributed by atoms with Crippen molar-refractivity contribution in [1.29, 1.82) is 0 Å². The van der Waals surface area contributed by atoms with Crippen LogP contribution in [0.5, 0.6) is 0 Å². The number of amides is 3. The molecule has 4 aliphatic heterocycles. The number of hydrogen-bond acceptors (Lipinski definition) is 6. The first-order valence-electron chi connectivity index (χ1n) is 16.1. The molecule has 0 unspecified atom stereocenters. The molecule has 2 N–H and O–H groups in total. The lowest BCUT2D eigenvalue weighted by Gasteiger charge is -2.35. The van der Waals surface area contributed by atoms with Crippen molar-refractivity contribution in [3.8, 4) is 0 Å². The van der Waals surface area contributed by atoms with E-state index in [0.29, 0.717) is 18.2 Å². The highest BCUT2D eigenvalue weighted by atomic mass is 16.5. The standard InChI is InChI=1S/C33H47N5O4/c1-22(2)23-10-12-25(13-11-23)34-30(39)27-26-14-15-33(42-26)28(27)32(41)38(17-7-16-37-20-18-36(3)19-21-37)29(33)31(40)35-24-8-5-4-6-9-24/h10-15,22,24,26-29H,4-9,16-21H2,1-3H3,(H,34,39)(H,35,40)/t26-,27+,28-,29-,33-/m0/s1. The number of carbonyl (C=O) groups excluding carboxylic acids is 3. The second-order valence-electron chi connectivity index (χ2n) is 13.3. The fraction of sp³-hybridized carbons (Fsp3) is 0.667. The van der Waals surface area contributed by atoms with Gasteiger partial charge in [0.1, 0.15) is 11.6 Å². The number of nitrogens with zero attached hydrogens (tertiary/aromatic N) is 3. The van der Waals surface area contributed by atoms with Crippen LogP contribution in [0.4, 0.5) is 5.69 Å². The summed E-state index contributed by atoms with van der Waals surface area (Å²) >= 11 is 0. The summed E-state index contributed by atoms with van der Waals surface area (Å²) in [5.74, 6) is -1.51. The van der Waals surface area contributed by atoms with Crippen LogP contribution in [0, 0.1) is 11.8 Å². The summed E-state index contributed by atoms with van der Waals surface area (Å²) in [6.07, 6.45) is 9.40. The molecule has 1 aliphatic carbocycles. The fourth-order valence-corrected chi connectivity index (χ4v) is 7.75. The summed E-state index contributed by atoms with van der Waals surface area (Å²) in [5.41, 5.74) is 0.784. The van der Waals surface area contributed by atoms with E-state index in [1.807, 2.05) is 36.4 Å². The summed E-state index contributed by atoms with van der Waals surface area (Å²) in [5, 5.41) is 6.33. The molecule has 9 heteroatoms. The van der Waals surface area contributed by atoms with Crippen LogP contribution in [0.15, 0.2) is 36.4 Å². The molecule has 42 heavy (non-hydrogen) atoms. The minimum absolute atomic E-state index is 0.125. The molecule has 1 aromatic carbocycles. The second-order valence-corrected chi connectivity index (χ2v) is 13.3. The van der Waals surface area contributed by atoms with E-state index in [1.54, 1.807) is 4.90 Å². The summed E-state index contributed by atoms with van der Waals surface area (Å²) < 4.78 is 6.53. The number of nitrogens with one attached hydrogen (secondary N) is 2. The van der Waals surface area contributed by atoms with Crippen LogP contribution in [-0.2, 0) is 19.1 Å². The minimum atomic E-state index is -1.11. The number of carbonyl (C=O) groups is 3. The number of likely N-dealkylation sites (N-methyl/N-ethyl adjacent to an activating group) is 1. The first kappa shape index (κ1) is 29.3. The van der Waals surface area contributed by atoms with Crippen LogP contribution in [0.2, 0.25) is 0 Å². The van der Waals surface area contributed by atoms with Crippen molar-refractivity contribution < 1.29 is 19.1 Å². The summed E-state index contributed by atoms with van der Waals surface area (Å²) in [7, 11) is 2.14. The summed E-state index contributed by atoms with van der Waals surface area (Å²) in [6, 6.07) is 7.22. The van der Waals surface area contributed by atoms with E-state index in [1.165, 1.54) is 12.0 Å². The van der Waals surface area contributed by atoms with Crippen LogP contribution < -0.4 is 10.6 Å². The van der Waals surface area contributed by atoms with Gasteiger partial charge in [0.15, 0.2) is 0 Å². The van der Waals surface area contributed by atoms with Gasteiger partial charge >= 0.3 is 0 Å². The van der Waals surface area contributed by atoms with Gasteiger partial charge in [0.2, 0.25) is 17.7 Å². The lowest BCUT2D eigenvalue weighted by atomic mass is 9.74. The van der Waals surface area contributed by atoms with Crippen molar-refractivity contribution in [1.82, 2.24) is 20.0 Å². The number of rotatable bonds is 9. The number of piperazine rings is 1. The van der Waals surface area contributed by atoms with Gasteiger partial charge in [-0.1, -0.05) is 57.4 Å². The van der Waals surface area contributed by atoms with Crippen LogP contribution in [-0.4, -0.2) is 103 Å². The zero-order valence-electron chi connectivity index (χ0n) is 25.4. The molecule has 1 spiro atoms. The molecular formula is C33H47N5O4. The van der Waals surface area contributed by atoms with Crippen LogP contribution >= 0.6 is 0 Å². The molecular weight excluding hydrogens is 530 g/mol. The number of hydrogen-bond donors (Lipinski definition) is 2. The van der Waals surface area contributed by atoms with E-state index in [9.17, 15) is 14.4 Å². The number of anilines is 1. The monoisotopic (exact) mass is 577 g/mol. The Morgan fingerprint density at radius 2 is 1.71 bits per heavy atom. The van der Waals surface area contributed by atoms with Gasteiger partial charge in [-0.05, 0) is 56.5 Å². The zero-order chi connectivity index (χ0) is 29.4. The molecule has 9 nitrogen and oxygen atoms in total. The summed E-state index contributed by atoms with van der Waals surface area (Å²) in [6.45, 7) is 9.72. The van der Waals surface area contributed by atoms with Crippen molar-refractivity contribution in [2.75, 3.05) is 51.6 Å². The van der Waals surface area contributed by atoms with Crippen LogP contribution in [0.25, 0.3) is 0 Å². The molecule has 3 amide bonds. The lowest BCUT2D eigenvalue weighted by molar-refractivity contribution is -0.141. The Bertz CT molecular complexity index is 1190. The Hall–Kier alpha value is -2.75. The van der Waals surface area contributed by atoms with Gasteiger partial charge in [-0.2, -0.15) is 0 Å². The number of benzene rings is 1. The predicted octanol–water partition coefficient (Wildman–Crippen LogP) is 2.99. The average molecular weight is 578 g/mol. The van der Waals surface area contributed by atoms with Gasteiger partial charge < -0.3 is 30.1 Å². The molecule has 6 rings (SSSR count). The van der Waals surface area contributed by atoms with Gasteiger partial charge in [-0.15, -0.1) is 0 Å². The Labute approximate surface area is 250 Å². The normalized spacial score (nSPS) is 31.6. The molecule has 5 atom stereocenters. The van der Waals surface area contributed by atoms with Crippen molar-refractivity contribution in [2.24, 2.45) is 11.8 Å². The Morgan fingerprint density at radius 3 is 2.40 bits per heavy atom. The minimum Gasteiger partial charge on any atom is -0.359 e. The highest BCUT2D eigenvalue weighted by molar-refractivity contribution is 6.02. The van der Waals surface area contributed by atoms with E-state index in [2.05, 4.69) is 41.3 Å². The van der Waals surface area contributed by atoms with Gasteiger partial charge in [-0.25, -0.2) is 0 Å². The smallest absolute Gasteiger partial charge is 0.246 e. The molecule has 0 aromatic heterocycles. The molecule has 1 saturated carbocycles. The molecule has 2 bridgehead atoms. The van der Waals surface area contributed by atoms with E-state index in [4.69, 9.17) is 4.74 Å². The highest BCUT2D eigenvalue weighted by Gasteiger charge is 2.72. The quantitative estimate of drug-likeness (QED) is 0.439. The van der Waals surface area contributed by atoms with E-state index < -0.39 is 29.6 Å². The average Bonchev–Trinajstić information content (AvgIpc) is 3.62. The maximum atomic E-state index is 14.2. The zero-order valence-corrected chi connectivity index (χ0v) is 25.4. The van der Waals surface area contributed by atoms with Crippen molar-refractivity contribution in [3.05, 3.63) is 42.0 Å². The predicted molar refractivity (Wildman–Crippen MR) is 162 cm³/mol. The molecule has 4 heterocycles. The molecule has 228 valence electrons. The fourth-order valence-electron chi connectivity index (χ4n) is 7.75. The Balaban J connectivity index is 1.21. The number of likely N-dealkylation sites (tertiary alicyclic amines) is 1. The maximum absolute atomic E-state index is 14.2. The van der Waals surface area contributed by atoms with Crippen LogP contribution in [0.3, 0.4) is 0 Å². The van der Waals surface area contributed by atoms with Gasteiger partial charge in [-0.3, -0.25) is 14.4 Å². The van der Waals surface area contributed by atoms with E-state index >= 15 is 0 Å². The van der Waals surface area contributed by atoms with Crippen molar-refractivity contribution in [3.63, 3.8) is 0 Å². The second kappa shape index (κ2) is 12.1. The van der Waals surface area contributed by atoms with Crippen molar-refractivity contribution >= 4 is 23.4 Å². The van der Waals surface area contributed by atoms with Gasteiger partial charge in [0.05, 0.1) is 17.9 Å². The summed E-state index contributed by atoms with van der Waals surface area (Å²) in [4.78, 5) is 48.5. The maximum Gasteiger partial charge on any atom is 0.246 e. The molecule has 3 saturated heterocycles.